The largest absolute Gasteiger partial charge is 0.489 e. The fourth-order valence-corrected chi connectivity index (χ4v) is 2.89. The van der Waals surface area contributed by atoms with Crippen molar-refractivity contribution in [3.8, 4) is 5.75 Å². The lowest BCUT2D eigenvalue weighted by Crippen LogP contribution is -2.16. The monoisotopic (exact) mass is 445 g/mol. The van der Waals surface area contributed by atoms with Crippen molar-refractivity contribution in [1.82, 2.24) is 15.2 Å². The van der Waals surface area contributed by atoms with E-state index in [2.05, 4.69) is 15.6 Å². The normalized spacial score (nSPS) is 10.9. The molecule has 1 amide bonds. The SMILES string of the molecule is O=C(NN=Cc1ccc(OCc2ccccc2)cc1)c1ccc(Cn2cc([N+](=O)[O-])cn2)o1. The van der Waals surface area contributed by atoms with Crippen molar-refractivity contribution >= 4 is 17.8 Å². The Bertz CT molecular complexity index is 1260. The van der Waals surface area contributed by atoms with Crippen LogP contribution in [0.2, 0.25) is 0 Å². The second kappa shape index (κ2) is 10.1. The third-order valence-corrected chi connectivity index (χ3v) is 4.54. The average molecular weight is 445 g/mol. The molecule has 10 heteroatoms. The number of amides is 1. The van der Waals surface area contributed by atoms with Crippen molar-refractivity contribution in [2.75, 3.05) is 0 Å². The molecule has 0 aliphatic carbocycles. The van der Waals surface area contributed by atoms with Crippen LogP contribution >= 0.6 is 0 Å². The van der Waals surface area contributed by atoms with E-state index in [0.717, 1.165) is 23.1 Å². The number of benzene rings is 2. The van der Waals surface area contributed by atoms with Gasteiger partial charge in [0.15, 0.2) is 5.76 Å². The highest BCUT2D eigenvalue weighted by atomic mass is 16.6. The third-order valence-electron chi connectivity index (χ3n) is 4.54. The molecule has 0 saturated heterocycles. The summed E-state index contributed by atoms with van der Waals surface area (Å²) in [5, 5.41) is 18.5. The summed E-state index contributed by atoms with van der Waals surface area (Å²) < 4.78 is 12.6. The smallest absolute Gasteiger partial charge is 0.307 e. The van der Waals surface area contributed by atoms with Crippen molar-refractivity contribution in [2.45, 2.75) is 13.2 Å². The Morgan fingerprint density at radius 2 is 1.94 bits per heavy atom. The van der Waals surface area contributed by atoms with Gasteiger partial charge in [0, 0.05) is 0 Å². The molecule has 0 bridgehead atoms. The van der Waals surface area contributed by atoms with Gasteiger partial charge in [-0.2, -0.15) is 10.2 Å². The van der Waals surface area contributed by atoms with Crippen molar-refractivity contribution in [2.24, 2.45) is 5.10 Å². The Balaban J connectivity index is 1.26. The predicted molar refractivity (Wildman–Crippen MR) is 119 cm³/mol. The zero-order chi connectivity index (χ0) is 23.0. The van der Waals surface area contributed by atoms with Gasteiger partial charge in [0.25, 0.3) is 0 Å². The number of hydrazone groups is 1. The van der Waals surface area contributed by atoms with E-state index in [0.29, 0.717) is 12.4 Å². The van der Waals surface area contributed by atoms with Gasteiger partial charge < -0.3 is 9.15 Å². The molecule has 0 aliphatic rings. The van der Waals surface area contributed by atoms with Crippen molar-refractivity contribution in [3.63, 3.8) is 0 Å². The minimum absolute atomic E-state index is 0.0634. The van der Waals surface area contributed by atoms with Crippen molar-refractivity contribution in [3.05, 3.63) is 112 Å². The average Bonchev–Trinajstić information content (AvgIpc) is 3.50. The summed E-state index contributed by atoms with van der Waals surface area (Å²) in [6.45, 7) is 0.635. The van der Waals surface area contributed by atoms with Crippen LogP contribution in [0.15, 0.2) is 88.6 Å². The number of carbonyl (C=O) groups is 1. The molecular weight excluding hydrogens is 426 g/mol. The zero-order valence-electron chi connectivity index (χ0n) is 17.3. The summed E-state index contributed by atoms with van der Waals surface area (Å²) >= 11 is 0. The number of ether oxygens (including phenoxy) is 1. The molecule has 0 radical (unpaired) electrons. The second-order valence-electron chi connectivity index (χ2n) is 6.96. The minimum atomic E-state index is -0.534. The highest BCUT2D eigenvalue weighted by Crippen LogP contribution is 2.14. The van der Waals surface area contributed by atoms with Crippen LogP contribution in [0, 0.1) is 10.1 Å². The van der Waals surface area contributed by atoms with Crippen LogP contribution < -0.4 is 10.2 Å². The lowest BCUT2D eigenvalue weighted by atomic mass is 10.2. The summed E-state index contributed by atoms with van der Waals surface area (Å²) in [5.41, 5.74) is 4.14. The van der Waals surface area contributed by atoms with Gasteiger partial charge in [-0.3, -0.25) is 19.6 Å². The maximum atomic E-state index is 12.2. The topological polar surface area (TPSA) is 125 Å². The minimum Gasteiger partial charge on any atom is -0.489 e. The molecule has 0 aliphatic heterocycles. The summed E-state index contributed by atoms with van der Waals surface area (Å²) in [5.74, 6) is 0.694. The Morgan fingerprint density at radius 1 is 1.15 bits per heavy atom. The molecule has 0 unspecified atom stereocenters. The molecule has 0 saturated carbocycles. The fourth-order valence-electron chi connectivity index (χ4n) is 2.89. The highest BCUT2D eigenvalue weighted by molar-refractivity contribution is 5.92. The molecule has 1 N–H and O–H groups in total. The Hall–Kier alpha value is -4.73. The Labute approximate surface area is 188 Å². The van der Waals surface area contributed by atoms with E-state index >= 15 is 0 Å². The van der Waals surface area contributed by atoms with E-state index in [9.17, 15) is 14.9 Å². The van der Waals surface area contributed by atoms with Crippen LogP contribution in [-0.4, -0.2) is 26.8 Å². The number of aromatic nitrogens is 2. The second-order valence-corrected chi connectivity index (χ2v) is 6.96. The molecule has 0 fully saturated rings. The van der Waals surface area contributed by atoms with Crippen LogP contribution in [0.3, 0.4) is 0 Å². The number of hydrogen-bond acceptors (Lipinski definition) is 7. The first-order valence-electron chi connectivity index (χ1n) is 9.92. The summed E-state index contributed by atoms with van der Waals surface area (Å²) in [7, 11) is 0. The quantitative estimate of drug-likeness (QED) is 0.237. The molecule has 2 heterocycles. The molecule has 166 valence electrons. The number of rotatable bonds is 9. The van der Waals surface area contributed by atoms with Gasteiger partial charge in [0.1, 0.15) is 30.5 Å². The Kier molecular flexibility index (Phi) is 6.55. The number of nitro groups is 1. The molecule has 2 aromatic heterocycles. The summed E-state index contributed by atoms with van der Waals surface area (Å²) in [6, 6.07) is 20.3. The van der Waals surface area contributed by atoms with E-state index < -0.39 is 10.8 Å². The van der Waals surface area contributed by atoms with Gasteiger partial charge in [-0.25, -0.2) is 5.43 Å². The van der Waals surface area contributed by atoms with E-state index in [1.54, 1.807) is 6.07 Å². The Morgan fingerprint density at radius 3 is 2.67 bits per heavy atom. The van der Waals surface area contributed by atoms with Crippen LogP contribution in [-0.2, 0) is 13.2 Å². The molecule has 4 aromatic rings. The van der Waals surface area contributed by atoms with Gasteiger partial charge in [-0.1, -0.05) is 30.3 Å². The van der Waals surface area contributed by atoms with E-state index in [1.165, 1.54) is 23.2 Å². The van der Waals surface area contributed by atoms with Crippen LogP contribution in [0.5, 0.6) is 5.75 Å². The van der Waals surface area contributed by atoms with Crippen LogP contribution in [0.1, 0.15) is 27.4 Å². The van der Waals surface area contributed by atoms with Crippen LogP contribution in [0.4, 0.5) is 5.69 Å². The van der Waals surface area contributed by atoms with E-state index in [-0.39, 0.29) is 18.0 Å². The molecule has 0 atom stereocenters. The maximum Gasteiger partial charge on any atom is 0.307 e. The lowest BCUT2D eigenvalue weighted by molar-refractivity contribution is -0.385. The number of furan rings is 1. The summed E-state index contributed by atoms with van der Waals surface area (Å²) in [4.78, 5) is 22.4. The fraction of sp³-hybridized carbons (Fsp3) is 0.0870. The molecule has 33 heavy (non-hydrogen) atoms. The lowest BCUT2D eigenvalue weighted by Gasteiger charge is -2.06. The number of hydrogen-bond donors (Lipinski definition) is 1. The predicted octanol–water partition coefficient (Wildman–Crippen LogP) is 3.78. The van der Waals surface area contributed by atoms with Gasteiger partial charge in [0.2, 0.25) is 0 Å². The van der Waals surface area contributed by atoms with Gasteiger partial charge in [0.05, 0.1) is 17.7 Å². The standard InChI is InChI=1S/C23H19N5O5/c29-23(22-11-10-21(33-22)15-27-14-19(13-25-27)28(30)31)26-24-12-17-6-8-20(9-7-17)32-16-18-4-2-1-3-5-18/h1-14H,15-16H2,(H,26,29). The van der Waals surface area contributed by atoms with Gasteiger partial charge >= 0.3 is 11.6 Å². The highest BCUT2D eigenvalue weighted by Gasteiger charge is 2.13. The van der Waals surface area contributed by atoms with E-state index in [1.807, 2.05) is 54.6 Å². The van der Waals surface area contributed by atoms with Crippen LogP contribution in [0.25, 0.3) is 0 Å². The van der Waals surface area contributed by atoms with Gasteiger partial charge in [-0.05, 0) is 47.5 Å². The molecule has 2 aromatic carbocycles. The third kappa shape index (κ3) is 5.91. The number of nitrogens with one attached hydrogen (secondary N) is 1. The molecule has 4 rings (SSSR count). The summed E-state index contributed by atoms with van der Waals surface area (Å²) in [6.07, 6.45) is 3.93. The maximum absolute atomic E-state index is 12.2. The number of nitrogens with zero attached hydrogens (tertiary/aromatic N) is 4. The van der Waals surface area contributed by atoms with E-state index in [4.69, 9.17) is 9.15 Å². The first kappa shape index (κ1) is 21.5. The first-order chi connectivity index (χ1) is 16.1. The zero-order valence-corrected chi connectivity index (χ0v) is 17.3. The van der Waals surface area contributed by atoms with Crippen molar-refractivity contribution < 1.29 is 18.9 Å². The molecule has 0 spiro atoms. The first-order valence-corrected chi connectivity index (χ1v) is 9.92. The van der Waals surface area contributed by atoms with Crippen molar-refractivity contribution in [1.29, 1.82) is 0 Å². The molecular formula is C23H19N5O5. The number of carbonyl (C=O) groups excluding carboxylic acids is 1. The van der Waals surface area contributed by atoms with Gasteiger partial charge in [-0.15, -0.1) is 0 Å². The molecule has 10 nitrogen and oxygen atoms in total.